The van der Waals surface area contributed by atoms with Gasteiger partial charge in [-0.2, -0.15) is 0 Å². The number of carboxylic acids is 1. The summed E-state index contributed by atoms with van der Waals surface area (Å²) in [4.78, 5) is 23.1. The van der Waals surface area contributed by atoms with E-state index in [1.165, 1.54) is 25.7 Å². The van der Waals surface area contributed by atoms with Crippen molar-refractivity contribution < 1.29 is 19.8 Å². The number of carbonyl (C=O) groups is 2. The smallest absolute Gasteiger partial charge is 0.332 e. The van der Waals surface area contributed by atoms with E-state index in [1.54, 1.807) is 0 Å². The fraction of sp³-hybridized carbons (Fsp3) is 0.818. The minimum Gasteiger partial charge on any atom is -0.479 e. The summed E-state index contributed by atoms with van der Waals surface area (Å²) < 4.78 is 0. The van der Waals surface area contributed by atoms with E-state index in [2.05, 4.69) is 32.9 Å². The van der Waals surface area contributed by atoms with Crippen LogP contribution in [0, 0.1) is 17.3 Å². The Morgan fingerprint density at radius 2 is 1.92 bits per heavy atom. The van der Waals surface area contributed by atoms with E-state index in [4.69, 9.17) is 5.11 Å². The first-order valence-electron chi connectivity index (χ1n) is 10.4. The maximum absolute atomic E-state index is 12.5. The molecule has 26 heavy (non-hydrogen) atoms. The molecule has 0 bridgehead atoms. The van der Waals surface area contributed by atoms with Gasteiger partial charge in [0, 0.05) is 11.8 Å². The molecule has 0 spiro atoms. The van der Waals surface area contributed by atoms with Crippen LogP contribution in [-0.4, -0.2) is 28.1 Å². The van der Waals surface area contributed by atoms with Crippen LogP contribution in [0.15, 0.2) is 12.2 Å². The number of hydrogen-bond acceptors (Lipinski definition) is 3. The molecular weight excluding hydrogens is 328 g/mol. The molecule has 2 unspecified atom stereocenters. The Bertz CT molecular complexity index is 471. The molecule has 4 heteroatoms. The molecule has 0 aromatic rings. The summed E-state index contributed by atoms with van der Waals surface area (Å²) in [6.07, 6.45) is 13.6. The van der Waals surface area contributed by atoms with E-state index >= 15 is 0 Å². The number of aliphatic hydroxyl groups is 1. The Morgan fingerprint density at radius 1 is 1.23 bits per heavy atom. The highest BCUT2D eigenvalue weighted by molar-refractivity contribution is 5.87. The Labute approximate surface area is 159 Å². The summed E-state index contributed by atoms with van der Waals surface area (Å²) in [6, 6.07) is 0. The zero-order valence-electron chi connectivity index (χ0n) is 16.9. The van der Waals surface area contributed by atoms with E-state index in [0.29, 0.717) is 36.9 Å². The number of carboxylic acid groups (broad SMARTS) is 1. The fourth-order valence-corrected chi connectivity index (χ4v) is 4.00. The van der Waals surface area contributed by atoms with Crippen molar-refractivity contribution in [2.45, 2.75) is 97.5 Å². The number of ketones is 1. The van der Waals surface area contributed by atoms with E-state index in [0.717, 1.165) is 25.7 Å². The molecule has 0 aromatic carbocycles. The number of allylic oxidation sites excluding steroid dienone is 2. The lowest BCUT2D eigenvalue weighted by Crippen LogP contribution is -2.28. The highest BCUT2D eigenvalue weighted by atomic mass is 16.4. The highest BCUT2D eigenvalue weighted by Crippen LogP contribution is 2.45. The van der Waals surface area contributed by atoms with Crippen LogP contribution in [0.4, 0.5) is 0 Å². The second-order valence-corrected chi connectivity index (χ2v) is 8.30. The zero-order chi connectivity index (χ0) is 19.6. The Morgan fingerprint density at radius 3 is 2.58 bits per heavy atom. The molecule has 0 saturated heterocycles. The highest BCUT2D eigenvalue weighted by Gasteiger charge is 2.43. The van der Waals surface area contributed by atoms with Gasteiger partial charge in [-0.3, -0.25) is 4.79 Å². The number of Topliss-reactive ketones (excluding diaryl/α,β-unsaturated/α-hetero) is 1. The van der Waals surface area contributed by atoms with Crippen LogP contribution < -0.4 is 0 Å². The lowest BCUT2D eigenvalue weighted by Gasteiger charge is -2.28. The van der Waals surface area contributed by atoms with E-state index in [1.807, 2.05) is 0 Å². The maximum atomic E-state index is 12.5. The van der Waals surface area contributed by atoms with E-state index < -0.39 is 12.1 Å². The van der Waals surface area contributed by atoms with Crippen molar-refractivity contribution in [3.8, 4) is 0 Å². The average molecular weight is 367 g/mol. The number of rotatable bonds is 13. The first-order chi connectivity index (χ1) is 12.3. The third kappa shape index (κ3) is 7.22. The molecule has 4 nitrogen and oxygen atoms in total. The van der Waals surface area contributed by atoms with Gasteiger partial charge >= 0.3 is 5.97 Å². The minimum atomic E-state index is -1.26. The number of unbranched alkanes of at least 4 members (excludes halogenated alkanes) is 4. The van der Waals surface area contributed by atoms with Crippen LogP contribution in [0.25, 0.3) is 0 Å². The normalized spacial score (nSPS) is 25.7. The molecule has 1 aliphatic carbocycles. The van der Waals surface area contributed by atoms with Gasteiger partial charge in [0.2, 0.25) is 0 Å². The standard InChI is InChI=1S/C22H38O4/c1-4-5-7-10-17(2)12-13-18-14-15-20(24)22(18,3)16-9-6-8-11-19(23)21(25)26/h12-13,17-19,23H,4-11,14-16H2,1-3H3,(H,25,26)/t17?,18-,19?,22+/m0/s1. The third-order valence-electron chi connectivity index (χ3n) is 6.03. The number of aliphatic carboxylic acids is 1. The summed E-state index contributed by atoms with van der Waals surface area (Å²) in [6.45, 7) is 6.58. The lowest BCUT2D eigenvalue weighted by atomic mass is 9.74. The van der Waals surface area contributed by atoms with Gasteiger partial charge in [-0.15, -0.1) is 0 Å². The third-order valence-corrected chi connectivity index (χ3v) is 6.03. The molecule has 2 N–H and O–H groups in total. The van der Waals surface area contributed by atoms with Crippen molar-refractivity contribution >= 4 is 11.8 Å². The van der Waals surface area contributed by atoms with Crippen molar-refractivity contribution in [3.05, 3.63) is 12.2 Å². The van der Waals surface area contributed by atoms with Crippen LogP contribution in [0.1, 0.15) is 91.4 Å². The summed E-state index contributed by atoms with van der Waals surface area (Å²) in [5.41, 5.74) is -0.273. The molecule has 0 aromatic heterocycles. The Hall–Kier alpha value is -1.16. The molecule has 1 saturated carbocycles. The van der Waals surface area contributed by atoms with Crippen LogP contribution in [-0.2, 0) is 9.59 Å². The predicted molar refractivity (Wildman–Crippen MR) is 105 cm³/mol. The van der Waals surface area contributed by atoms with Crippen molar-refractivity contribution in [2.24, 2.45) is 17.3 Å². The SMILES string of the molecule is CCCCCC(C)C=C[C@H]1CCC(=O)[C@]1(C)CCCCCC(O)C(=O)O. The lowest BCUT2D eigenvalue weighted by molar-refractivity contribution is -0.146. The largest absolute Gasteiger partial charge is 0.479 e. The summed E-state index contributed by atoms with van der Waals surface area (Å²) in [7, 11) is 0. The van der Waals surface area contributed by atoms with E-state index in [-0.39, 0.29) is 5.41 Å². The predicted octanol–water partition coefficient (Wildman–Crippen LogP) is 5.14. The molecule has 1 aliphatic rings. The van der Waals surface area contributed by atoms with Gasteiger partial charge in [-0.1, -0.05) is 71.4 Å². The average Bonchev–Trinajstić information content (AvgIpc) is 2.87. The van der Waals surface area contributed by atoms with E-state index in [9.17, 15) is 14.7 Å². The Kier molecular flexibility index (Phi) is 10.1. The fourth-order valence-electron chi connectivity index (χ4n) is 4.00. The first-order valence-corrected chi connectivity index (χ1v) is 10.4. The zero-order valence-corrected chi connectivity index (χ0v) is 16.9. The molecule has 4 atom stereocenters. The quantitative estimate of drug-likeness (QED) is 0.349. The van der Waals surface area contributed by atoms with Gasteiger partial charge < -0.3 is 10.2 Å². The molecule has 0 amide bonds. The number of aliphatic hydroxyl groups excluding tert-OH is 1. The monoisotopic (exact) mass is 366 g/mol. The summed E-state index contributed by atoms with van der Waals surface area (Å²) in [5.74, 6) is 0.116. The minimum absolute atomic E-state index is 0.273. The maximum Gasteiger partial charge on any atom is 0.332 e. The second kappa shape index (κ2) is 11.5. The van der Waals surface area contributed by atoms with Gasteiger partial charge in [0.1, 0.15) is 5.78 Å². The summed E-state index contributed by atoms with van der Waals surface area (Å²) >= 11 is 0. The molecule has 1 rings (SSSR count). The van der Waals surface area contributed by atoms with Gasteiger partial charge in [0.15, 0.2) is 6.10 Å². The van der Waals surface area contributed by atoms with Gasteiger partial charge in [0.05, 0.1) is 0 Å². The molecule has 150 valence electrons. The molecule has 1 fully saturated rings. The first kappa shape index (κ1) is 22.9. The topological polar surface area (TPSA) is 74.6 Å². The van der Waals surface area contributed by atoms with Gasteiger partial charge in [0.25, 0.3) is 0 Å². The van der Waals surface area contributed by atoms with Crippen molar-refractivity contribution in [2.75, 3.05) is 0 Å². The van der Waals surface area contributed by atoms with Crippen LogP contribution in [0.3, 0.4) is 0 Å². The van der Waals surface area contributed by atoms with Gasteiger partial charge in [-0.25, -0.2) is 4.79 Å². The number of carbonyl (C=O) groups excluding carboxylic acids is 1. The Balaban J connectivity index is 2.44. The summed E-state index contributed by atoms with van der Waals surface area (Å²) in [5, 5.41) is 18.0. The van der Waals surface area contributed by atoms with Crippen LogP contribution in [0.5, 0.6) is 0 Å². The molecule has 0 heterocycles. The van der Waals surface area contributed by atoms with Crippen LogP contribution >= 0.6 is 0 Å². The van der Waals surface area contributed by atoms with Crippen molar-refractivity contribution in [3.63, 3.8) is 0 Å². The van der Waals surface area contributed by atoms with Crippen molar-refractivity contribution in [1.82, 2.24) is 0 Å². The second-order valence-electron chi connectivity index (χ2n) is 8.30. The number of hydrogen-bond donors (Lipinski definition) is 2. The molecular formula is C22H38O4. The molecule has 0 radical (unpaired) electrons. The van der Waals surface area contributed by atoms with Gasteiger partial charge in [-0.05, 0) is 37.5 Å². The van der Waals surface area contributed by atoms with Crippen molar-refractivity contribution in [1.29, 1.82) is 0 Å². The molecule has 0 aliphatic heterocycles. The van der Waals surface area contributed by atoms with Crippen LogP contribution in [0.2, 0.25) is 0 Å².